The highest BCUT2D eigenvalue weighted by atomic mass is 19.1. The van der Waals surface area contributed by atoms with Crippen molar-refractivity contribution in [1.82, 2.24) is 20.3 Å². The lowest BCUT2D eigenvalue weighted by Crippen LogP contribution is -2.43. The van der Waals surface area contributed by atoms with Crippen LogP contribution in [0, 0.1) is 5.82 Å². The Morgan fingerprint density at radius 1 is 1.21 bits per heavy atom. The first-order valence-electron chi connectivity index (χ1n) is 9.34. The summed E-state index contributed by atoms with van der Waals surface area (Å²) in [5, 5.41) is 2.63. The fourth-order valence-electron chi connectivity index (χ4n) is 3.15. The number of hydrogen-bond acceptors (Lipinski definition) is 5. The number of halogens is 1. The predicted molar refractivity (Wildman–Crippen MR) is 107 cm³/mol. The summed E-state index contributed by atoms with van der Waals surface area (Å²) < 4.78 is 14.2. The summed E-state index contributed by atoms with van der Waals surface area (Å²) in [5.74, 6) is -1.09. The summed E-state index contributed by atoms with van der Waals surface area (Å²) in [6.07, 6.45) is 2.25. The van der Waals surface area contributed by atoms with Crippen molar-refractivity contribution in [3.05, 3.63) is 64.3 Å². The largest absolute Gasteiger partial charge is 0.343 e. The Hall–Kier alpha value is -3.04. The van der Waals surface area contributed by atoms with Crippen molar-refractivity contribution >= 4 is 17.5 Å². The Morgan fingerprint density at radius 3 is 2.59 bits per heavy atom. The van der Waals surface area contributed by atoms with E-state index in [-0.39, 0.29) is 29.6 Å². The minimum atomic E-state index is -0.457. The molecule has 3 N–H and O–H groups in total. The van der Waals surface area contributed by atoms with E-state index in [1.165, 1.54) is 47.2 Å². The molecule has 0 bridgehead atoms. The van der Waals surface area contributed by atoms with Crippen LogP contribution in [0.25, 0.3) is 0 Å². The number of carbonyl (C=O) groups excluding carboxylic acids is 2. The summed E-state index contributed by atoms with van der Waals surface area (Å²) in [6.45, 7) is 2.40. The summed E-state index contributed by atoms with van der Waals surface area (Å²) in [5.41, 5.74) is 6.51. The van der Waals surface area contributed by atoms with Gasteiger partial charge in [0.25, 0.3) is 11.5 Å². The Bertz CT molecular complexity index is 944. The van der Waals surface area contributed by atoms with Crippen LogP contribution >= 0.6 is 0 Å². The number of likely N-dealkylation sites (N-methyl/N-ethyl adjacent to an activating group) is 1. The quantitative estimate of drug-likeness (QED) is 0.670. The smallest absolute Gasteiger partial charge is 0.257 e. The highest BCUT2D eigenvalue weighted by molar-refractivity contribution is 6.04. The van der Waals surface area contributed by atoms with E-state index < -0.39 is 11.7 Å². The zero-order valence-electron chi connectivity index (χ0n) is 16.3. The van der Waals surface area contributed by atoms with Crippen molar-refractivity contribution in [3.8, 4) is 0 Å². The Labute approximate surface area is 167 Å². The number of pyridine rings is 1. The molecule has 8 nitrogen and oxygen atoms in total. The molecule has 2 aromatic rings. The second-order valence-electron chi connectivity index (χ2n) is 7.24. The minimum Gasteiger partial charge on any atom is -0.343 e. The van der Waals surface area contributed by atoms with E-state index in [9.17, 15) is 18.8 Å². The molecule has 2 unspecified atom stereocenters. The number of rotatable bonds is 6. The van der Waals surface area contributed by atoms with Gasteiger partial charge in [-0.25, -0.2) is 4.39 Å². The van der Waals surface area contributed by atoms with Crippen LogP contribution < -0.4 is 21.7 Å². The second-order valence-corrected chi connectivity index (χ2v) is 7.24. The molecule has 3 rings (SSSR count). The Morgan fingerprint density at radius 2 is 1.93 bits per heavy atom. The molecule has 9 heteroatoms. The van der Waals surface area contributed by atoms with Gasteiger partial charge in [-0.05, 0) is 43.7 Å². The van der Waals surface area contributed by atoms with Gasteiger partial charge < -0.3 is 14.8 Å². The first-order valence-corrected chi connectivity index (χ1v) is 9.34. The molecule has 1 aromatic heterocycles. The van der Waals surface area contributed by atoms with Gasteiger partial charge in [0.1, 0.15) is 12.4 Å². The minimum absolute atomic E-state index is 0.142. The number of benzene rings is 1. The van der Waals surface area contributed by atoms with Gasteiger partial charge in [-0.3, -0.25) is 25.2 Å². The van der Waals surface area contributed by atoms with Crippen LogP contribution in [0.2, 0.25) is 0 Å². The van der Waals surface area contributed by atoms with E-state index >= 15 is 0 Å². The van der Waals surface area contributed by atoms with Gasteiger partial charge in [-0.2, -0.15) is 0 Å². The third-order valence-corrected chi connectivity index (χ3v) is 4.75. The predicted octanol–water partition coefficient (Wildman–Crippen LogP) is 0.953. The van der Waals surface area contributed by atoms with Crippen LogP contribution in [0.15, 0.2) is 47.4 Å². The average molecular weight is 401 g/mol. The number of hydrazine groups is 1. The molecule has 2 atom stereocenters. The van der Waals surface area contributed by atoms with Gasteiger partial charge in [0, 0.05) is 43.6 Å². The standard InChI is InChI=1S/C20H24FN5O3/c1-13-9-17(24-23-13)11-25(2)19(28)12-26-10-14(3-8-18(26)27)20(29)22-16-6-4-15(21)5-7-16/h3-8,10,13,17,23-24H,9,11-12H2,1-2H3,(H,22,29). The molecular weight excluding hydrogens is 377 g/mol. The third-order valence-electron chi connectivity index (χ3n) is 4.75. The summed E-state index contributed by atoms with van der Waals surface area (Å²) in [6, 6.07) is 8.47. The maximum atomic E-state index is 13.0. The first kappa shape index (κ1) is 20.7. The van der Waals surface area contributed by atoms with E-state index in [0.717, 1.165) is 6.42 Å². The molecule has 29 heavy (non-hydrogen) atoms. The van der Waals surface area contributed by atoms with E-state index in [4.69, 9.17) is 0 Å². The molecule has 1 fully saturated rings. The van der Waals surface area contributed by atoms with Crippen molar-refractivity contribution in [3.63, 3.8) is 0 Å². The topological polar surface area (TPSA) is 95.5 Å². The van der Waals surface area contributed by atoms with Crippen LogP contribution in [-0.2, 0) is 11.3 Å². The summed E-state index contributed by atoms with van der Waals surface area (Å²) >= 11 is 0. The third kappa shape index (κ3) is 5.49. The van der Waals surface area contributed by atoms with Crippen molar-refractivity contribution in [2.75, 3.05) is 18.9 Å². The maximum absolute atomic E-state index is 13.0. The fourth-order valence-corrected chi connectivity index (χ4v) is 3.15. The molecule has 2 amide bonds. The Balaban J connectivity index is 1.65. The number of aromatic nitrogens is 1. The molecule has 0 radical (unpaired) electrons. The van der Waals surface area contributed by atoms with Gasteiger partial charge in [0.15, 0.2) is 0 Å². The number of anilines is 1. The molecule has 1 aliphatic heterocycles. The molecule has 1 saturated heterocycles. The van der Waals surface area contributed by atoms with Crippen molar-refractivity contribution in [2.45, 2.75) is 32.0 Å². The molecule has 1 aromatic carbocycles. The molecule has 154 valence electrons. The highest BCUT2D eigenvalue weighted by Gasteiger charge is 2.23. The van der Waals surface area contributed by atoms with Crippen LogP contribution in [-0.4, -0.2) is 47.0 Å². The SMILES string of the molecule is CC1CC(CN(C)C(=O)Cn2cc(C(=O)Nc3ccc(F)cc3)ccc2=O)NN1. The van der Waals surface area contributed by atoms with E-state index in [2.05, 4.69) is 23.1 Å². The lowest BCUT2D eigenvalue weighted by Gasteiger charge is -2.21. The molecule has 0 aliphatic carbocycles. The van der Waals surface area contributed by atoms with Gasteiger partial charge >= 0.3 is 0 Å². The van der Waals surface area contributed by atoms with Crippen LogP contribution in [0.4, 0.5) is 10.1 Å². The second kappa shape index (κ2) is 8.97. The maximum Gasteiger partial charge on any atom is 0.257 e. The highest BCUT2D eigenvalue weighted by Crippen LogP contribution is 2.10. The van der Waals surface area contributed by atoms with E-state index in [0.29, 0.717) is 18.3 Å². The average Bonchev–Trinajstić information content (AvgIpc) is 3.09. The number of nitrogens with one attached hydrogen (secondary N) is 3. The lowest BCUT2D eigenvalue weighted by molar-refractivity contribution is -0.130. The van der Waals surface area contributed by atoms with Crippen molar-refractivity contribution < 1.29 is 14.0 Å². The molecule has 0 saturated carbocycles. The summed E-state index contributed by atoms with van der Waals surface area (Å²) in [4.78, 5) is 38.6. The van der Waals surface area contributed by atoms with Crippen LogP contribution in [0.3, 0.4) is 0 Å². The van der Waals surface area contributed by atoms with Gasteiger partial charge in [0.2, 0.25) is 5.91 Å². The lowest BCUT2D eigenvalue weighted by atomic mass is 10.1. The van der Waals surface area contributed by atoms with E-state index in [1.54, 1.807) is 11.9 Å². The van der Waals surface area contributed by atoms with Gasteiger partial charge in [-0.15, -0.1) is 0 Å². The first-order chi connectivity index (χ1) is 13.8. The van der Waals surface area contributed by atoms with E-state index in [1.807, 2.05) is 0 Å². The molecule has 1 aliphatic rings. The number of hydrogen-bond donors (Lipinski definition) is 3. The van der Waals surface area contributed by atoms with Gasteiger partial charge in [0.05, 0.1) is 5.56 Å². The van der Waals surface area contributed by atoms with Crippen molar-refractivity contribution in [1.29, 1.82) is 0 Å². The monoisotopic (exact) mass is 401 g/mol. The van der Waals surface area contributed by atoms with Gasteiger partial charge in [-0.1, -0.05) is 0 Å². The Kier molecular flexibility index (Phi) is 6.40. The van der Waals surface area contributed by atoms with Crippen LogP contribution in [0.1, 0.15) is 23.7 Å². The molecular formula is C20H24FN5O3. The normalized spacial score (nSPS) is 18.4. The molecule has 2 heterocycles. The van der Waals surface area contributed by atoms with Crippen molar-refractivity contribution in [2.24, 2.45) is 0 Å². The number of carbonyl (C=O) groups is 2. The zero-order chi connectivity index (χ0) is 21.0. The fraction of sp³-hybridized carbons (Fsp3) is 0.350. The number of amides is 2. The number of nitrogens with zero attached hydrogens (tertiary/aromatic N) is 2. The molecule has 0 spiro atoms. The summed E-state index contributed by atoms with van der Waals surface area (Å²) in [7, 11) is 1.68. The van der Waals surface area contributed by atoms with Crippen LogP contribution in [0.5, 0.6) is 0 Å². The zero-order valence-corrected chi connectivity index (χ0v) is 16.3.